The lowest BCUT2D eigenvalue weighted by Gasteiger charge is -2.37. The van der Waals surface area contributed by atoms with Crippen LogP contribution in [0.1, 0.15) is 32.6 Å². The zero-order valence-corrected chi connectivity index (χ0v) is 13.1. The number of hydrogen-bond donors (Lipinski definition) is 1. The summed E-state index contributed by atoms with van der Waals surface area (Å²) in [6.45, 7) is 5.71. The number of carbonyl (C=O) groups excluding carboxylic acids is 1. The monoisotopic (exact) mass is 304 g/mol. The van der Waals surface area contributed by atoms with Gasteiger partial charge in [0.25, 0.3) is 5.56 Å². The number of aromatic amines is 1. The van der Waals surface area contributed by atoms with Gasteiger partial charge in [-0.15, -0.1) is 0 Å². The normalized spacial score (nSPS) is 21.1. The fourth-order valence-electron chi connectivity index (χ4n) is 3.41. The van der Waals surface area contributed by atoms with Gasteiger partial charge in [0.05, 0.1) is 11.9 Å². The minimum atomic E-state index is -0.182. The van der Waals surface area contributed by atoms with Crippen LogP contribution in [0.2, 0.25) is 0 Å². The molecule has 0 spiro atoms. The molecule has 2 aliphatic rings. The predicted molar refractivity (Wildman–Crippen MR) is 84.8 cm³/mol. The molecule has 3 heterocycles. The van der Waals surface area contributed by atoms with Crippen LogP contribution in [0.15, 0.2) is 17.1 Å². The first-order chi connectivity index (χ1) is 10.6. The van der Waals surface area contributed by atoms with Crippen molar-refractivity contribution in [3.8, 4) is 0 Å². The van der Waals surface area contributed by atoms with Crippen molar-refractivity contribution in [2.75, 3.05) is 31.1 Å². The Morgan fingerprint density at radius 1 is 1.18 bits per heavy atom. The molecule has 0 radical (unpaired) electrons. The van der Waals surface area contributed by atoms with Crippen LogP contribution in [0.3, 0.4) is 0 Å². The SMILES string of the molecule is CC1CCN(C(=O)C2CCN(c3cn[nH]c(=O)c3)CC2)CC1. The highest BCUT2D eigenvalue weighted by atomic mass is 16.2. The van der Waals surface area contributed by atoms with Crippen LogP contribution in [0.4, 0.5) is 5.69 Å². The molecule has 0 aromatic carbocycles. The topological polar surface area (TPSA) is 69.3 Å². The molecule has 1 N–H and O–H groups in total. The Kier molecular flexibility index (Phi) is 4.45. The maximum Gasteiger partial charge on any atom is 0.266 e. The summed E-state index contributed by atoms with van der Waals surface area (Å²) in [5.74, 6) is 1.21. The van der Waals surface area contributed by atoms with E-state index in [1.807, 2.05) is 0 Å². The number of hydrogen-bond acceptors (Lipinski definition) is 4. The molecule has 22 heavy (non-hydrogen) atoms. The smallest absolute Gasteiger partial charge is 0.266 e. The van der Waals surface area contributed by atoms with Crippen molar-refractivity contribution in [1.29, 1.82) is 0 Å². The Hall–Kier alpha value is -1.85. The molecule has 1 aromatic rings. The first kappa shape index (κ1) is 15.1. The van der Waals surface area contributed by atoms with Gasteiger partial charge in [-0.25, -0.2) is 5.10 Å². The van der Waals surface area contributed by atoms with Gasteiger partial charge in [0, 0.05) is 38.2 Å². The molecule has 3 rings (SSSR count). The van der Waals surface area contributed by atoms with Gasteiger partial charge in [0.1, 0.15) is 0 Å². The highest BCUT2D eigenvalue weighted by molar-refractivity contribution is 5.79. The van der Waals surface area contributed by atoms with Crippen LogP contribution in [0, 0.1) is 11.8 Å². The van der Waals surface area contributed by atoms with Gasteiger partial charge in [-0.3, -0.25) is 9.59 Å². The molecule has 0 saturated carbocycles. The predicted octanol–water partition coefficient (Wildman–Crippen LogP) is 1.24. The first-order valence-electron chi connectivity index (χ1n) is 8.22. The zero-order chi connectivity index (χ0) is 15.5. The average molecular weight is 304 g/mol. The summed E-state index contributed by atoms with van der Waals surface area (Å²) in [5, 5.41) is 6.23. The molecule has 0 bridgehead atoms. The third kappa shape index (κ3) is 3.31. The highest BCUT2D eigenvalue weighted by Gasteiger charge is 2.30. The standard InChI is InChI=1S/C16H24N4O2/c1-12-2-6-20(7-3-12)16(22)13-4-8-19(9-5-13)14-10-15(21)18-17-11-14/h10-13H,2-9H2,1H3,(H,18,21). The second-order valence-corrected chi connectivity index (χ2v) is 6.57. The highest BCUT2D eigenvalue weighted by Crippen LogP contribution is 2.25. The van der Waals surface area contributed by atoms with Crippen LogP contribution >= 0.6 is 0 Å². The second kappa shape index (κ2) is 6.50. The third-order valence-electron chi connectivity index (χ3n) is 4.96. The number of likely N-dealkylation sites (tertiary alicyclic amines) is 1. The van der Waals surface area contributed by atoms with Gasteiger partial charge in [-0.05, 0) is 31.6 Å². The molecule has 2 aliphatic heterocycles. The largest absolute Gasteiger partial charge is 0.370 e. The Morgan fingerprint density at radius 3 is 2.50 bits per heavy atom. The number of anilines is 1. The number of H-pyrrole nitrogens is 1. The van der Waals surface area contributed by atoms with E-state index in [2.05, 4.69) is 26.9 Å². The van der Waals surface area contributed by atoms with Gasteiger partial charge in [0.15, 0.2) is 0 Å². The molecule has 0 unspecified atom stereocenters. The van der Waals surface area contributed by atoms with E-state index in [-0.39, 0.29) is 11.5 Å². The van der Waals surface area contributed by atoms with E-state index in [0.717, 1.165) is 63.5 Å². The summed E-state index contributed by atoms with van der Waals surface area (Å²) < 4.78 is 0. The number of piperidine rings is 2. The fraction of sp³-hybridized carbons (Fsp3) is 0.688. The van der Waals surface area contributed by atoms with Crippen molar-refractivity contribution in [3.05, 3.63) is 22.6 Å². The van der Waals surface area contributed by atoms with E-state index in [0.29, 0.717) is 5.91 Å². The van der Waals surface area contributed by atoms with Crippen molar-refractivity contribution in [2.24, 2.45) is 11.8 Å². The maximum absolute atomic E-state index is 12.6. The lowest BCUT2D eigenvalue weighted by Crippen LogP contribution is -2.45. The van der Waals surface area contributed by atoms with Gasteiger partial charge < -0.3 is 9.80 Å². The molecule has 6 heteroatoms. The molecule has 6 nitrogen and oxygen atoms in total. The Labute approximate surface area is 130 Å². The van der Waals surface area contributed by atoms with Crippen LogP contribution in [0.25, 0.3) is 0 Å². The number of nitrogens with one attached hydrogen (secondary N) is 1. The Bertz CT molecular complexity index is 570. The fourth-order valence-corrected chi connectivity index (χ4v) is 3.41. The minimum absolute atomic E-state index is 0.139. The quantitative estimate of drug-likeness (QED) is 0.892. The molecule has 120 valence electrons. The number of rotatable bonds is 2. The van der Waals surface area contributed by atoms with Gasteiger partial charge in [-0.2, -0.15) is 5.10 Å². The molecule has 1 aromatic heterocycles. The molecule has 0 aliphatic carbocycles. The van der Waals surface area contributed by atoms with Crippen LogP contribution < -0.4 is 10.5 Å². The molecular weight excluding hydrogens is 280 g/mol. The number of amides is 1. The van der Waals surface area contributed by atoms with E-state index >= 15 is 0 Å². The van der Waals surface area contributed by atoms with Gasteiger partial charge >= 0.3 is 0 Å². The third-order valence-corrected chi connectivity index (χ3v) is 4.96. The molecule has 1 amide bonds. The summed E-state index contributed by atoms with van der Waals surface area (Å²) in [6.07, 6.45) is 5.65. The van der Waals surface area contributed by atoms with Gasteiger partial charge in [0.2, 0.25) is 5.91 Å². The molecule has 2 fully saturated rings. The maximum atomic E-state index is 12.6. The van der Waals surface area contributed by atoms with E-state index in [9.17, 15) is 9.59 Å². The van der Waals surface area contributed by atoms with Crippen LogP contribution in [-0.4, -0.2) is 47.2 Å². The average Bonchev–Trinajstić information content (AvgIpc) is 2.55. The molecule has 0 atom stereocenters. The van der Waals surface area contributed by atoms with E-state index < -0.39 is 0 Å². The van der Waals surface area contributed by atoms with Crippen molar-refractivity contribution in [1.82, 2.24) is 15.1 Å². The summed E-state index contributed by atoms with van der Waals surface area (Å²) in [7, 11) is 0. The van der Waals surface area contributed by atoms with Crippen LogP contribution in [-0.2, 0) is 4.79 Å². The second-order valence-electron chi connectivity index (χ2n) is 6.57. The van der Waals surface area contributed by atoms with E-state index in [1.165, 1.54) is 0 Å². The zero-order valence-electron chi connectivity index (χ0n) is 13.1. The molecular formula is C16H24N4O2. The minimum Gasteiger partial charge on any atom is -0.370 e. The number of carbonyl (C=O) groups is 1. The number of aromatic nitrogens is 2. The van der Waals surface area contributed by atoms with Crippen molar-refractivity contribution >= 4 is 11.6 Å². The van der Waals surface area contributed by atoms with E-state index in [1.54, 1.807) is 12.3 Å². The Morgan fingerprint density at radius 2 is 1.86 bits per heavy atom. The number of nitrogens with zero attached hydrogens (tertiary/aromatic N) is 3. The van der Waals surface area contributed by atoms with Crippen molar-refractivity contribution in [3.63, 3.8) is 0 Å². The van der Waals surface area contributed by atoms with E-state index in [4.69, 9.17) is 0 Å². The van der Waals surface area contributed by atoms with Crippen molar-refractivity contribution in [2.45, 2.75) is 32.6 Å². The van der Waals surface area contributed by atoms with Crippen molar-refractivity contribution < 1.29 is 4.79 Å². The first-order valence-corrected chi connectivity index (χ1v) is 8.22. The van der Waals surface area contributed by atoms with Crippen LogP contribution in [0.5, 0.6) is 0 Å². The lowest BCUT2D eigenvalue weighted by atomic mass is 9.92. The van der Waals surface area contributed by atoms with Gasteiger partial charge in [-0.1, -0.05) is 6.92 Å². The summed E-state index contributed by atoms with van der Waals surface area (Å²) in [4.78, 5) is 28.1. The lowest BCUT2D eigenvalue weighted by molar-refractivity contribution is -0.137. The Balaban J connectivity index is 1.55. The summed E-state index contributed by atoms with van der Waals surface area (Å²) >= 11 is 0. The summed E-state index contributed by atoms with van der Waals surface area (Å²) in [5.41, 5.74) is 0.666. The molecule has 2 saturated heterocycles. The summed E-state index contributed by atoms with van der Waals surface area (Å²) in [6, 6.07) is 1.57.